The number of hydrogen-bond donors (Lipinski definition) is 0. The van der Waals surface area contributed by atoms with Crippen LogP contribution < -0.4 is 19.6 Å². The van der Waals surface area contributed by atoms with Crippen LogP contribution in [0, 0.1) is 0 Å². The SMILES string of the molecule is C=CCOc1cccc(C=c2sc3nc(-c4ccc(OCCCC)cc4)nn3c2=O)c1. The van der Waals surface area contributed by atoms with Crippen LogP contribution in [0.15, 0.2) is 66.0 Å². The summed E-state index contributed by atoms with van der Waals surface area (Å²) in [6, 6.07) is 15.2. The van der Waals surface area contributed by atoms with Crippen LogP contribution in [-0.4, -0.2) is 27.8 Å². The van der Waals surface area contributed by atoms with Gasteiger partial charge in [0.2, 0.25) is 4.96 Å². The van der Waals surface area contributed by atoms with Crippen LogP contribution in [-0.2, 0) is 0 Å². The summed E-state index contributed by atoms with van der Waals surface area (Å²) in [5.41, 5.74) is 1.54. The third-order valence-electron chi connectivity index (χ3n) is 4.58. The van der Waals surface area contributed by atoms with E-state index >= 15 is 0 Å². The van der Waals surface area contributed by atoms with E-state index in [9.17, 15) is 4.79 Å². The third kappa shape index (κ3) is 4.83. The first-order chi connectivity index (χ1) is 15.2. The van der Waals surface area contributed by atoms with E-state index in [0.717, 1.165) is 35.5 Å². The number of aromatic nitrogens is 3. The molecule has 4 aromatic rings. The predicted molar refractivity (Wildman–Crippen MR) is 124 cm³/mol. The number of nitrogens with zero attached hydrogens (tertiary/aromatic N) is 3. The number of fused-ring (bicyclic) bond motifs is 1. The fourth-order valence-electron chi connectivity index (χ4n) is 2.99. The van der Waals surface area contributed by atoms with Crippen LogP contribution >= 0.6 is 11.3 Å². The lowest BCUT2D eigenvalue weighted by molar-refractivity contribution is 0.309. The molecule has 0 N–H and O–H groups in total. The number of benzene rings is 2. The van der Waals surface area contributed by atoms with Gasteiger partial charge in [0.1, 0.15) is 18.1 Å². The Morgan fingerprint density at radius 2 is 1.97 bits per heavy atom. The molecule has 0 atom stereocenters. The molecular weight excluding hydrogens is 410 g/mol. The highest BCUT2D eigenvalue weighted by molar-refractivity contribution is 7.15. The lowest BCUT2D eigenvalue weighted by Crippen LogP contribution is -2.23. The maximum Gasteiger partial charge on any atom is 0.291 e. The van der Waals surface area contributed by atoms with Gasteiger partial charge in [0, 0.05) is 5.56 Å². The second-order valence-corrected chi connectivity index (χ2v) is 7.95. The highest BCUT2D eigenvalue weighted by atomic mass is 32.1. The lowest BCUT2D eigenvalue weighted by Gasteiger charge is -2.05. The first-order valence-electron chi connectivity index (χ1n) is 10.2. The van der Waals surface area contributed by atoms with Gasteiger partial charge in [-0.2, -0.15) is 9.50 Å². The monoisotopic (exact) mass is 433 g/mol. The van der Waals surface area contributed by atoms with Crippen molar-refractivity contribution in [2.75, 3.05) is 13.2 Å². The minimum absolute atomic E-state index is 0.185. The van der Waals surface area contributed by atoms with Crippen LogP contribution in [0.5, 0.6) is 11.5 Å². The molecule has 0 saturated carbocycles. The van der Waals surface area contributed by atoms with Crippen molar-refractivity contribution in [3.63, 3.8) is 0 Å². The average Bonchev–Trinajstić information content (AvgIpc) is 3.33. The molecule has 158 valence electrons. The van der Waals surface area contributed by atoms with E-state index in [2.05, 4.69) is 23.6 Å². The molecule has 6 nitrogen and oxygen atoms in total. The molecule has 0 radical (unpaired) electrons. The quantitative estimate of drug-likeness (QED) is 0.294. The molecule has 0 unspecified atom stereocenters. The first-order valence-corrected chi connectivity index (χ1v) is 11.0. The lowest BCUT2D eigenvalue weighted by atomic mass is 10.2. The summed E-state index contributed by atoms with van der Waals surface area (Å²) < 4.78 is 13.2. The third-order valence-corrected chi connectivity index (χ3v) is 5.54. The molecule has 0 bridgehead atoms. The fraction of sp³-hybridized carbons (Fsp3) is 0.208. The molecular formula is C24H23N3O3S. The molecule has 2 aromatic heterocycles. The average molecular weight is 434 g/mol. The summed E-state index contributed by atoms with van der Waals surface area (Å²) in [6.07, 6.45) is 5.64. The van der Waals surface area contributed by atoms with Gasteiger partial charge in [-0.1, -0.05) is 49.5 Å². The first kappa shape index (κ1) is 20.8. The number of ether oxygens (including phenoxy) is 2. The molecule has 2 heterocycles. The van der Waals surface area contributed by atoms with Crippen molar-refractivity contribution in [3.8, 4) is 22.9 Å². The van der Waals surface area contributed by atoms with E-state index in [1.54, 1.807) is 6.08 Å². The summed E-state index contributed by atoms with van der Waals surface area (Å²) in [7, 11) is 0. The van der Waals surface area contributed by atoms with Gasteiger partial charge >= 0.3 is 0 Å². The van der Waals surface area contributed by atoms with Gasteiger partial charge in [0.15, 0.2) is 5.82 Å². The predicted octanol–water partition coefficient (Wildman–Crippen LogP) is 4.11. The van der Waals surface area contributed by atoms with Crippen molar-refractivity contribution < 1.29 is 9.47 Å². The maximum absolute atomic E-state index is 12.8. The molecule has 0 spiro atoms. The zero-order valence-corrected chi connectivity index (χ0v) is 18.1. The van der Waals surface area contributed by atoms with Crippen LogP contribution in [0.2, 0.25) is 0 Å². The van der Waals surface area contributed by atoms with Gasteiger partial charge in [-0.3, -0.25) is 4.79 Å². The van der Waals surface area contributed by atoms with Gasteiger partial charge in [-0.15, -0.1) is 5.10 Å². The molecule has 0 amide bonds. The van der Waals surface area contributed by atoms with Crippen LogP contribution in [0.1, 0.15) is 25.3 Å². The Labute approximate surface area is 184 Å². The Bertz CT molecular complexity index is 1290. The number of unbranched alkanes of at least 4 members (excludes halogenated alkanes) is 1. The molecule has 0 saturated heterocycles. The summed E-state index contributed by atoms with van der Waals surface area (Å²) in [5, 5.41) is 4.41. The van der Waals surface area contributed by atoms with Crippen molar-refractivity contribution in [2.24, 2.45) is 0 Å². The maximum atomic E-state index is 12.8. The van der Waals surface area contributed by atoms with E-state index in [-0.39, 0.29) is 5.56 Å². The summed E-state index contributed by atoms with van der Waals surface area (Å²) in [5.74, 6) is 2.07. The number of thiazole rings is 1. The molecule has 0 aliphatic rings. The highest BCUT2D eigenvalue weighted by Gasteiger charge is 2.12. The highest BCUT2D eigenvalue weighted by Crippen LogP contribution is 2.21. The molecule has 0 fully saturated rings. The van der Waals surface area contributed by atoms with Gasteiger partial charge < -0.3 is 9.47 Å². The summed E-state index contributed by atoms with van der Waals surface area (Å²) in [6.45, 7) is 6.92. The van der Waals surface area contributed by atoms with Crippen molar-refractivity contribution in [1.82, 2.24) is 14.6 Å². The largest absolute Gasteiger partial charge is 0.494 e. The number of rotatable bonds is 9. The Morgan fingerprint density at radius 1 is 1.13 bits per heavy atom. The number of hydrogen-bond acceptors (Lipinski definition) is 6. The second-order valence-electron chi connectivity index (χ2n) is 6.94. The van der Waals surface area contributed by atoms with E-state index in [4.69, 9.17) is 9.47 Å². The van der Waals surface area contributed by atoms with Crippen LogP contribution in [0.25, 0.3) is 22.4 Å². The molecule has 7 heteroatoms. The Balaban J connectivity index is 1.58. The van der Waals surface area contributed by atoms with Crippen LogP contribution in [0.3, 0.4) is 0 Å². The topological polar surface area (TPSA) is 65.7 Å². The van der Waals surface area contributed by atoms with E-state index in [1.165, 1.54) is 15.9 Å². The van der Waals surface area contributed by atoms with E-state index in [1.807, 2.05) is 54.6 Å². The molecule has 4 rings (SSSR count). The Morgan fingerprint density at radius 3 is 2.71 bits per heavy atom. The molecule has 0 aliphatic heterocycles. The normalized spacial score (nSPS) is 11.7. The fourth-order valence-corrected chi connectivity index (χ4v) is 3.90. The Hall–Kier alpha value is -3.45. The minimum Gasteiger partial charge on any atom is -0.494 e. The van der Waals surface area contributed by atoms with Crippen molar-refractivity contribution in [1.29, 1.82) is 0 Å². The zero-order chi connectivity index (χ0) is 21.6. The van der Waals surface area contributed by atoms with E-state index < -0.39 is 0 Å². The van der Waals surface area contributed by atoms with E-state index in [0.29, 0.717) is 28.5 Å². The summed E-state index contributed by atoms with van der Waals surface area (Å²) in [4.78, 5) is 17.9. The zero-order valence-electron chi connectivity index (χ0n) is 17.3. The van der Waals surface area contributed by atoms with Crippen molar-refractivity contribution in [3.05, 3.63) is 81.6 Å². The smallest absolute Gasteiger partial charge is 0.291 e. The summed E-state index contributed by atoms with van der Waals surface area (Å²) >= 11 is 1.31. The standard InChI is InChI=1S/C24H23N3O3S/c1-3-5-14-30-19-11-9-18(10-12-19)22-25-24-27(26-22)23(28)21(31-24)16-17-7-6-8-20(15-17)29-13-4-2/h4,6-12,15-16H,2-3,5,13-14H2,1H3. The molecule has 31 heavy (non-hydrogen) atoms. The van der Waals surface area contributed by atoms with Gasteiger partial charge in [-0.05, 0) is 54.5 Å². The van der Waals surface area contributed by atoms with Crippen molar-refractivity contribution in [2.45, 2.75) is 19.8 Å². The molecule has 2 aromatic carbocycles. The van der Waals surface area contributed by atoms with Gasteiger partial charge in [0.25, 0.3) is 5.56 Å². The van der Waals surface area contributed by atoms with Gasteiger partial charge in [0.05, 0.1) is 11.1 Å². The van der Waals surface area contributed by atoms with Crippen molar-refractivity contribution >= 4 is 22.4 Å². The van der Waals surface area contributed by atoms with Crippen LogP contribution in [0.4, 0.5) is 0 Å². The van der Waals surface area contributed by atoms with Gasteiger partial charge in [-0.25, -0.2) is 0 Å². The second kappa shape index (κ2) is 9.57. The minimum atomic E-state index is -0.185. The Kier molecular flexibility index (Phi) is 6.43. The molecule has 0 aliphatic carbocycles.